The second-order valence-corrected chi connectivity index (χ2v) is 7.02. The molecular weight excluding hydrogens is 321 g/mol. The van der Waals surface area contributed by atoms with Crippen LogP contribution in [0.2, 0.25) is 5.02 Å². The van der Waals surface area contributed by atoms with Crippen LogP contribution in [0.1, 0.15) is 19.3 Å². The van der Waals surface area contributed by atoms with Crippen molar-refractivity contribution in [1.29, 1.82) is 0 Å². The maximum absolute atomic E-state index is 13.2. The molecule has 1 unspecified atom stereocenters. The Labute approximate surface area is 127 Å². The number of methoxy groups -OCH3 is 1. The molecule has 0 aromatic heterocycles. The van der Waals surface area contributed by atoms with E-state index in [4.69, 9.17) is 11.6 Å². The van der Waals surface area contributed by atoms with Gasteiger partial charge >= 0.3 is 5.97 Å². The predicted molar refractivity (Wildman–Crippen MR) is 75.0 cm³/mol. The number of hydrogen-bond acceptors (Lipinski definition) is 4. The number of rotatable bonds is 3. The molecule has 1 aliphatic rings. The molecule has 0 aliphatic carbocycles. The van der Waals surface area contributed by atoms with Gasteiger partial charge in [-0.3, -0.25) is 4.79 Å². The number of esters is 1. The molecule has 1 aromatic carbocycles. The zero-order chi connectivity index (χ0) is 15.6. The molecule has 1 saturated heterocycles. The maximum Gasteiger partial charge on any atom is 0.324 e. The Morgan fingerprint density at radius 2 is 2.14 bits per heavy atom. The van der Waals surface area contributed by atoms with E-state index in [1.807, 2.05) is 0 Å². The monoisotopic (exact) mass is 335 g/mol. The summed E-state index contributed by atoms with van der Waals surface area (Å²) < 4.78 is 44.2. The fourth-order valence-electron chi connectivity index (χ4n) is 2.34. The third kappa shape index (κ3) is 3.20. The fraction of sp³-hybridized carbons (Fsp3) is 0.462. The van der Waals surface area contributed by atoms with Gasteiger partial charge in [-0.1, -0.05) is 11.6 Å². The van der Waals surface area contributed by atoms with Crippen molar-refractivity contribution in [3.63, 3.8) is 0 Å². The molecule has 116 valence electrons. The van der Waals surface area contributed by atoms with E-state index in [1.165, 1.54) is 7.11 Å². The van der Waals surface area contributed by atoms with Gasteiger partial charge in [0.25, 0.3) is 0 Å². The van der Waals surface area contributed by atoms with Crippen molar-refractivity contribution in [2.24, 2.45) is 0 Å². The maximum atomic E-state index is 13.2. The topological polar surface area (TPSA) is 63.7 Å². The van der Waals surface area contributed by atoms with Gasteiger partial charge in [0.05, 0.1) is 17.0 Å². The minimum Gasteiger partial charge on any atom is -0.468 e. The molecule has 0 N–H and O–H groups in total. The van der Waals surface area contributed by atoms with E-state index in [0.29, 0.717) is 12.8 Å². The zero-order valence-electron chi connectivity index (χ0n) is 11.4. The minimum atomic E-state index is -3.92. The predicted octanol–water partition coefficient (Wildman–Crippen LogP) is 2.20. The van der Waals surface area contributed by atoms with Crippen LogP contribution in [-0.4, -0.2) is 38.4 Å². The summed E-state index contributed by atoms with van der Waals surface area (Å²) in [6.07, 6.45) is 1.80. The summed E-state index contributed by atoms with van der Waals surface area (Å²) in [5.41, 5.74) is 0. The largest absolute Gasteiger partial charge is 0.468 e. The standard InChI is InChI=1S/C13H15ClFNO4S/c1-20-13(17)12-4-2-3-7-16(12)21(18,19)9-5-6-11(15)10(14)8-9/h5-6,8,12H,2-4,7H2,1H3. The number of piperidine rings is 1. The molecule has 1 aliphatic heterocycles. The molecule has 0 saturated carbocycles. The Bertz CT molecular complexity index is 650. The summed E-state index contributed by atoms with van der Waals surface area (Å²) in [6, 6.07) is 2.33. The van der Waals surface area contributed by atoms with Crippen molar-refractivity contribution in [2.75, 3.05) is 13.7 Å². The number of sulfonamides is 1. The van der Waals surface area contributed by atoms with Crippen molar-refractivity contribution in [3.8, 4) is 0 Å². The van der Waals surface area contributed by atoms with Crippen molar-refractivity contribution in [1.82, 2.24) is 4.31 Å². The van der Waals surface area contributed by atoms with Gasteiger partial charge in [0, 0.05) is 6.54 Å². The number of halogens is 2. The first-order valence-corrected chi connectivity index (χ1v) is 8.24. The van der Waals surface area contributed by atoms with E-state index in [9.17, 15) is 17.6 Å². The van der Waals surface area contributed by atoms with Crippen LogP contribution in [0, 0.1) is 5.82 Å². The quantitative estimate of drug-likeness (QED) is 0.794. The molecule has 1 heterocycles. The lowest BCUT2D eigenvalue weighted by molar-refractivity contribution is -0.146. The SMILES string of the molecule is COC(=O)C1CCCCN1S(=O)(=O)c1ccc(F)c(Cl)c1. The average molecular weight is 336 g/mol. The van der Waals surface area contributed by atoms with E-state index in [2.05, 4.69) is 4.74 Å². The van der Waals surface area contributed by atoms with Crippen LogP contribution in [0.15, 0.2) is 23.1 Å². The van der Waals surface area contributed by atoms with Crippen LogP contribution >= 0.6 is 11.6 Å². The molecule has 1 aromatic rings. The highest BCUT2D eigenvalue weighted by Gasteiger charge is 2.38. The molecule has 1 fully saturated rings. The molecule has 1 atom stereocenters. The molecule has 2 rings (SSSR count). The molecule has 5 nitrogen and oxygen atoms in total. The number of carbonyl (C=O) groups excluding carboxylic acids is 1. The van der Waals surface area contributed by atoms with Crippen LogP contribution in [-0.2, 0) is 19.6 Å². The van der Waals surface area contributed by atoms with Crippen LogP contribution in [0.3, 0.4) is 0 Å². The van der Waals surface area contributed by atoms with E-state index < -0.39 is 27.9 Å². The lowest BCUT2D eigenvalue weighted by Gasteiger charge is -2.32. The Balaban J connectivity index is 2.40. The van der Waals surface area contributed by atoms with Crippen molar-refractivity contribution >= 4 is 27.6 Å². The van der Waals surface area contributed by atoms with Gasteiger partial charge in [0.2, 0.25) is 10.0 Å². The van der Waals surface area contributed by atoms with E-state index >= 15 is 0 Å². The van der Waals surface area contributed by atoms with Gasteiger partial charge in [-0.2, -0.15) is 4.31 Å². The first-order valence-electron chi connectivity index (χ1n) is 6.42. The van der Waals surface area contributed by atoms with Gasteiger partial charge < -0.3 is 4.74 Å². The summed E-state index contributed by atoms with van der Waals surface area (Å²) in [6.45, 7) is 0.219. The van der Waals surface area contributed by atoms with Crippen LogP contribution < -0.4 is 0 Å². The molecule has 0 bridgehead atoms. The second-order valence-electron chi connectivity index (χ2n) is 4.73. The highest BCUT2D eigenvalue weighted by molar-refractivity contribution is 7.89. The zero-order valence-corrected chi connectivity index (χ0v) is 13.0. The summed E-state index contributed by atoms with van der Waals surface area (Å²) in [5, 5.41) is -0.275. The number of hydrogen-bond donors (Lipinski definition) is 0. The summed E-state index contributed by atoms with van der Waals surface area (Å²) in [7, 11) is -2.71. The van der Waals surface area contributed by atoms with E-state index in [1.54, 1.807) is 0 Å². The first kappa shape index (κ1) is 16.2. The van der Waals surface area contributed by atoms with Crippen molar-refractivity contribution < 1.29 is 22.3 Å². The Kier molecular flexibility index (Phi) is 4.85. The minimum absolute atomic E-state index is 0.135. The highest BCUT2D eigenvalue weighted by Crippen LogP contribution is 2.28. The third-order valence-electron chi connectivity index (χ3n) is 3.42. The summed E-state index contributed by atoms with van der Waals surface area (Å²) >= 11 is 5.64. The van der Waals surface area contributed by atoms with Crippen molar-refractivity contribution in [2.45, 2.75) is 30.2 Å². The van der Waals surface area contributed by atoms with Gasteiger partial charge in [-0.05, 0) is 37.5 Å². The first-order chi connectivity index (χ1) is 9.87. The lowest BCUT2D eigenvalue weighted by atomic mass is 10.1. The second kappa shape index (κ2) is 6.29. The summed E-state index contributed by atoms with van der Waals surface area (Å²) in [5.74, 6) is -1.29. The lowest BCUT2D eigenvalue weighted by Crippen LogP contribution is -2.48. The van der Waals surface area contributed by atoms with Crippen LogP contribution in [0.25, 0.3) is 0 Å². The average Bonchev–Trinajstić information content (AvgIpc) is 2.49. The normalized spacial score (nSPS) is 20.2. The molecule has 0 radical (unpaired) electrons. The number of carbonyl (C=O) groups is 1. The Morgan fingerprint density at radius 1 is 1.43 bits per heavy atom. The molecule has 0 spiro atoms. The molecule has 8 heteroatoms. The van der Waals surface area contributed by atoms with Gasteiger partial charge in [-0.25, -0.2) is 12.8 Å². The Hall–Kier alpha value is -1.18. The van der Waals surface area contributed by atoms with Crippen LogP contribution in [0.4, 0.5) is 4.39 Å². The van der Waals surface area contributed by atoms with E-state index in [-0.39, 0.29) is 16.5 Å². The fourth-order valence-corrected chi connectivity index (χ4v) is 4.26. The van der Waals surface area contributed by atoms with Gasteiger partial charge in [0.1, 0.15) is 11.9 Å². The molecule has 21 heavy (non-hydrogen) atoms. The number of benzene rings is 1. The van der Waals surface area contributed by atoms with Gasteiger partial charge in [-0.15, -0.1) is 0 Å². The summed E-state index contributed by atoms with van der Waals surface area (Å²) in [4.78, 5) is 11.6. The van der Waals surface area contributed by atoms with Gasteiger partial charge in [0.15, 0.2) is 0 Å². The number of nitrogens with zero attached hydrogens (tertiary/aromatic N) is 1. The van der Waals surface area contributed by atoms with Crippen LogP contribution in [0.5, 0.6) is 0 Å². The Morgan fingerprint density at radius 3 is 2.76 bits per heavy atom. The smallest absolute Gasteiger partial charge is 0.324 e. The molecular formula is C13H15ClFNO4S. The third-order valence-corrected chi connectivity index (χ3v) is 5.62. The number of ether oxygens (including phenoxy) is 1. The molecule has 0 amide bonds. The van der Waals surface area contributed by atoms with E-state index in [0.717, 1.165) is 28.9 Å². The van der Waals surface area contributed by atoms with Crippen molar-refractivity contribution in [3.05, 3.63) is 29.0 Å². The highest BCUT2D eigenvalue weighted by atomic mass is 35.5.